The number of nitrogens with two attached hydrogens (primary N) is 1. The first-order chi connectivity index (χ1) is 9.70. The van der Waals surface area contributed by atoms with Crippen molar-refractivity contribution in [1.82, 2.24) is 0 Å². The lowest BCUT2D eigenvalue weighted by molar-refractivity contribution is 0.308. The van der Waals surface area contributed by atoms with Crippen LogP contribution in [0.4, 0.5) is 5.69 Å². The summed E-state index contributed by atoms with van der Waals surface area (Å²) in [6, 6.07) is 14.5. The van der Waals surface area contributed by atoms with Crippen LogP contribution in [0.5, 0.6) is 5.75 Å². The van der Waals surface area contributed by atoms with E-state index in [0.717, 1.165) is 24.3 Å². The Morgan fingerprint density at radius 3 is 2.30 bits per heavy atom. The zero-order valence-electron chi connectivity index (χ0n) is 12.4. The predicted octanol–water partition coefficient (Wildman–Crippen LogP) is 4.81. The number of benzene rings is 2. The van der Waals surface area contributed by atoms with Crippen molar-refractivity contribution < 1.29 is 4.74 Å². The van der Waals surface area contributed by atoms with Gasteiger partial charge in [-0.1, -0.05) is 55.7 Å². The zero-order chi connectivity index (χ0) is 14.4. The lowest BCUT2D eigenvalue weighted by Crippen LogP contribution is -2.00. The second kappa shape index (κ2) is 6.99. The molecule has 0 bridgehead atoms. The third kappa shape index (κ3) is 3.77. The Morgan fingerprint density at radius 2 is 1.65 bits per heavy atom. The highest BCUT2D eigenvalue weighted by Gasteiger charge is 2.04. The summed E-state index contributed by atoms with van der Waals surface area (Å²) >= 11 is 0. The van der Waals surface area contributed by atoms with Crippen molar-refractivity contribution >= 4 is 5.69 Å². The SMILES string of the molecule is CCCCCOc1ccc(-c2ccc(C)cc2)cc1N. The minimum Gasteiger partial charge on any atom is -0.491 e. The van der Waals surface area contributed by atoms with Crippen LogP contribution in [0.15, 0.2) is 42.5 Å². The van der Waals surface area contributed by atoms with Gasteiger partial charge >= 0.3 is 0 Å². The predicted molar refractivity (Wildman–Crippen MR) is 86.0 cm³/mol. The summed E-state index contributed by atoms with van der Waals surface area (Å²) in [5.41, 5.74) is 10.4. The van der Waals surface area contributed by atoms with Gasteiger partial charge in [0.05, 0.1) is 12.3 Å². The Balaban J connectivity index is 2.07. The lowest BCUT2D eigenvalue weighted by atomic mass is 10.0. The molecular weight excluding hydrogens is 246 g/mol. The first kappa shape index (κ1) is 14.4. The third-order valence-corrected chi connectivity index (χ3v) is 3.40. The Kier molecular flexibility index (Phi) is 5.05. The van der Waals surface area contributed by atoms with Gasteiger partial charge in [-0.2, -0.15) is 0 Å². The summed E-state index contributed by atoms with van der Waals surface area (Å²) < 4.78 is 5.72. The Bertz CT molecular complexity index is 546. The number of aryl methyl sites for hydroxylation is 1. The standard InChI is InChI=1S/C18H23NO/c1-3-4-5-12-20-18-11-10-16(13-17(18)19)15-8-6-14(2)7-9-15/h6-11,13H,3-5,12,19H2,1-2H3. The van der Waals surface area contributed by atoms with E-state index in [1.54, 1.807) is 0 Å². The molecule has 0 saturated heterocycles. The molecule has 106 valence electrons. The molecular formula is C18H23NO. The maximum atomic E-state index is 6.08. The van der Waals surface area contributed by atoms with Crippen molar-refractivity contribution in [2.75, 3.05) is 12.3 Å². The molecule has 0 aliphatic carbocycles. The van der Waals surface area contributed by atoms with Crippen LogP contribution >= 0.6 is 0 Å². The summed E-state index contributed by atoms with van der Waals surface area (Å²) in [6.07, 6.45) is 3.47. The van der Waals surface area contributed by atoms with Crippen LogP contribution in [-0.2, 0) is 0 Å². The van der Waals surface area contributed by atoms with Crippen LogP contribution in [0.3, 0.4) is 0 Å². The normalized spacial score (nSPS) is 10.5. The Morgan fingerprint density at radius 1 is 0.950 bits per heavy atom. The quantitative estimate of drug-likeness (QED) is 0.603. The fourth-order valence-electron chi connectivity index (χ4n) is 2.14. The maximum Gasteiger partial charge on any atom is 0.142 e. The van der Waals surface area contributed by atoms with Crippen LogP contribution in [0, 0.1) is 6.92 Å². The average molecular weight is 269 g/mol. The van der Waals surface area contributed by atoms with E-state index in [2.05, 4.69) is 44.2 Å². The molecule has 0 heterocycles. The first-order valence-corrected chi connectivity index (χ1v) is 7.30. The summed E-state index contributed by atoms with van der Waals surface area (Å²) in [7, 11) is 0. The molecule has 0 radical (unpaired) electrons. The van der Waals surface area contributed by atoms with Crippen LogP contribution in [0.1, 0.15) is 31.7 Å². The van der Waals surface area contributed by atoms with Crippen molar-refractivity contribution in [3.8, 4) is 16.9 Å². The second-order valence-electron chi connectivity index (χ2n) is 5.17. The van der Waals surface area contributed by atoms with E-state index in [-0.39, 0.29) is 0 Å². The molecule has 2 N–H and O–H groups in total. The number of hydrogen-bond acceptors (Lipinski definition) is 2. The molecule has 2 aromatic carbocycles. The van der Waals surface area contributed by atoms with Gasteiger partial charge in [0, 0.05) is 0 Å². The maximum absolute atomic E-state index is 6.08. The van der Waals surface area contributed by atoms with Gasteiger partial charge in [-0.25, -0.2) is 0 Å². The molecule has 2 heteroatoms. The molecule has 2 rings (SSSR count). The summed E-state index contributed by atoms with van der Waals surface area (Å²) in [5, 5.41) is 0. The van der Waals surface area contributed by atoms with E-state index in [1.807, 2.05) is 12.1 Å². The highest BCUT2D eigenvalue weighted by Crippen LogP contribution is 2.28. The molecule has 2 nitrogen and oxygen atoms in total. The van der Waals surface area contributed by atoms with Gasteiger partial charge in [0.2, 0.25) is 0 Å². The van der Waals surface area contributed by atoms with Crippen molar-refractivity contribution in [2.45, 2.75) is 33.1 Å². The van der Waals surface area contributed by atoms with E-state index in [9.17, 15) is 0 Å². The fourth-order valence-corrected chi connectivity index (χ4v) is 2.14. The number of hydrogen-bond donors (Lipinski definition) is 1. The smallest absolute Gasteiger partial charge is 0.142 e. The zero-order valence-corrected chi connectivity index (χ0v) is 12.4. The molecule has 0 unspecified atom stereocenters. The molecule has 0 amide bonds. The van der Waals surface area contributed by atoms with Gasteiger partial charge in [-0.15, -0.1) is 0 Å². The van der Waals surface area contributed by atoms with Crippen molar-refractivity contribution in [1.29, 1.82) is 0 Å². The third-order valence-electron chi connectivity index (χ3n) is 3.40. The lowest BCUT2D eigenvalue weighted by Gasteiger charge is -2.10. The highest BCUT2D eigenvalue weighted by atomic mass is 16.5. The van der Waals surface area contributed by atoms with E-state index >= 15 is 0 Å². The Hall–Kier alpha value is -1.96. The number of nitrogen functional groups attached to an aromatic ring is 1. The summed E-state index contributed by atoms with van der Waals surface area (Å²) in [6.45, 7) is 5.01. The van der Waals surface area contributed by atoms with Gasteiger partial charge in [0.25, 0.3) is 0 Å². The molecule has 0 fully saturated rings. The van der Waals surface area contributed by atoms with Gasteiger partial charge in [0.1, 0.15) is 5.75 Å². The molecule has 0 saturated carbocycles. The Labute approximate surface area is 121 Å². The van der Waals surface area contributed by atoms with Crippen LogP contribution in [-0.4, -0.2) is 6.61 Å². The fraction of sp³-hybridized carbons (Fsp3) is 0.333. The van der Waals surface area contributed by atoms with Crippen LogP contribution in [0.2, 0.25) is 0 Å². The largest absolute Gasteiger partial charge is 0.491 e. The van der Waals surface area contributed by atoms with Crippen LogP contribution in [0.25, 0.3) is 11.1 Å². The topological polar surface area (TPSA) is 35.2 Å². The van der Waals surface area contributed by atoms with E-state index in [4.69, 9.17) is 10.5 Å². The average Bonchev–Trinajstić information content (AvgIpc) is 2.46. The first-order valence-electron chi connectivity index (χ1n) is 7.30. The number of rotatable bonds is 6. The monoisotopic (exact) mass is 269 g/mol. The molecule has 0 atom stereocenters. The molecule has 2 aromatic rings. The van der Waals surface area contributed by atoms with E-state index < -0.39 is 0 Å². The second-order valence-corrected chi connectivity index (χ2v) is 5.17. The minimum absolute atomic E-state index is 0.708. The molecule has 0 spiro atoms. The van der Waals surface area contributed by atoms with E-state index in [0.29, 0.717) is 5.69 Å². The van der Waals surface area contributed by atoms with Gasteiger partial charge in [-0.3, -0.25) is 0 Å². The molecule has 0 aliphatic rings. The van der Waals surface area contributed by atoms with Crippen molar-refractivity contribution in [3.63, 3.8) is 0 Å². The van der Waals surface area contributed by atoms with Crippen molar-refractivity contribution in [2.24, 2.45) is 0 Å². The molecule has 0 aliphatic heterocycles. The summed E-state index contributed by atoms with van der Waals surface area (Å²) in [5.74, 6) is 0.789. The van der Waals surface area contributed by atoms with Gasteiger partial charge < -0.3 is 10.5 Å². The minimum atomic E-state index is 0.708. The molecule has 20 heavy (non-hydrogen) atoms. The number of anilines is 1. The summed E-state index contributed by atoms with van der Waals surface area (Å²) in [4.78, 5) is 0. The van der Waals surface area contributed by atoms with E-state index in [1.165, 1.54) is 24.0 Å². The highest BCUT2D eigenvalue weighted by molar-refractivity contribution is 5.70. The van der Waals surface area contributed by atoms with Crippen LogP contribution < -0.4 is 10.5 Å². The van der Waals surface area contributed by atoms with Crippen molar-refractivity contribution in [3.05, 3.63) is 48.0 Å². The number of unbranched alkanes of at least 4 members (excludes halogenated alkanes) is 2. The van der Waals surface area contributed by atoms with Gasteiger partial charge in [0.15, 0.2) is 0 Å². The number of ether oxygens (including phenoxy) is 1. The molecule has 0 aromatic heterocycles. The van der Waals surface area contributed by atoms with Gasteiger partial charge in [-0.05, 0) is 36.6 Å².